The molecule has 0 saturated carbocycles. The van der Waals surface area contributed by atoms with E-state index >= 15 is 0 Å². The minimum atomic E-state index is -0.203. The smallest absolute Gasteiger partial charge is 0.312 e. The van der Waals surface area contributed by atoms with Crippen LogP contribution in [0, 0.1) is 5.92 Å². The van der Waals surface area contributed by atoms with Gasteiger partial charge in [0.1, 0.15) is 0 Å². The number of carbonyl (C=O) groups is 1. The van der Waals surface area contributed by atoms with Crippen molar-refractivity contribution >= 4 is 11.5 Å². The van der Waals surface area contributed by atoms with Gasteiger partial charge in [-0.15, -0.1) is 0 Å². The minimum absolute atomic E-state index is 0.199. The number of benzene rings is 1. The van der Waals surface area contributed by atoms with Gasteiger partial charge in [0.2, 0.25) is 0 Å². The van der Waals surface area contributed by atoms with Crippen LogP contribution in [0.15, 0.2) is 36.4 Å². The quantitative estimate of drug-likeness (QED) is 0.708. The van der Waals surface area contributed by atoms with Crippen molar-refractivity contribution in [2.75, 3.05) is 7.11 Å². The van der Waals surface area contributed by atoms with E-state index in [4.69, 9.17) is 0 Å². The first-order valence-corrected chi connectivity index (χ1v) is 4.97. The zero-order valence-electron chi connectivity index (χ0n) is 9.36. The summed E-state index contributed by atoms with van der Waals surface area (Å²) in [6.45, 7) is 3.83. The van der Waals surface area contributed by atoms with Gasteiger partial charge in [0, 0.05) is 0 Å². The molecule has 1 aromatic carbocycles. The molecule has 0 heterocycles. The molecular formula is C13H16O2. The Hall–Kier alpha value is -1.57. The largest absolute Gasteiger partial charge is 0.469 e. The van der Waals surface area contributed by atoms with Crippen molar-refractivity contribution in [3.63, 3.8) is 0 Å². The van der Waals surface area contributed by atoms with E-state index in [1.54, 1.807) is 0 Å². The zero-order valence-corrected chi connectivity index (χ0v) is 9.36. The topological polar surface area (TPSA) is 26.3 Å². The van der Waals surface area contributed by atoms with Crippen LogP contribution < -0.4 is 0 Å². The summed E-state index contributed by atoms with van der Waals surface area (Å²) in [4.78, 5) is 11.2. The number of hydrogen-bond acceptors (Lipinski definition) is 2. The normalized spacial score (nSPS) is 13.4. The van der Waals surface area contributed by atoms with Crippen molar-refractivity contribution in [3.05, 3.63) is 42.0 Å². The SMILES string of the molecule is COC(=O)C(C)/C=C(/C)c1ccccc1. The van der Waals surface area contributed by atoms with E-state index < -0.39 is 0 Å². The molecule has 0 aliphatic heterocycles. The fourth-order valence-electron chi connectivity index (χ4n) is 1.43. The van der Waals surface area contributed by atoms with Crippen molar-refractivity contribution in [2.45, 2.75) is 13.8 Å². The molecule has 0 aromatic heterocycles. The summed E-state index contributed by atoms with van der Waals surface area (Å²) >= 11 is 0. The molecule has 0 aliphatic rings. The average Bonchev–Trinajstić information content (AvgIpc) is 2.29. The lowest BCUT2D eigenvalue weighted by Gasteiger charge is -2.06. The molecule has 15 heavy (non-hydrogen) atoms. The molecule has 1 unspecified atom stereocenters. The van der Waals surface area contributed by atoms with E-state index in [1.807, 2.05) is 50.3 Å². The molecule has 1 atom stereocenters. The van der Waals surface area contributed by atoms with Gasteiger partial charge in [-0.1, -0.05) is 36.4 Å². The van der Waals surface area contributed by atoms with E-state index in [0.717, 1.165) is 11.1 Å². The molecule has 1 aromatic rings. The van der Waals surface area contributed by atoms with Gasteiger partial charge >= 0.3 is 5.97 Å². The number of allylic oxidation sites excluding steroid dienone is 1. The molecule has 2 heteroatoms. The number of ether oxygens (including phenoxy) is 1. The summed E-state index contributed by atoms with van der Waals surface area (Å²) in [5.41, 5.74) is 2.22. The maximum atomic E-state index is 11.2. The number of rotatable bonds is 3. The van der Waals surface area contributed by atoms with Gasteiger partial charge in [0.25, 0.3) is 0 Å². The second kappa shape index (κ2) is 5.35. The van der Waals surface area contributed by atoms with Crippen molar-refractivity contribution in [1.29, 1.82) is 0 Å². The molecule has 0 N–H and O–H groups in total. The van der Waals surface area contributed by atoms with Crippen LogP contribution in [0.4, 0.5) is 0 Å². The summed E-state index contributed by atoms with van der Waals surface area (Å²) in [7, 11) is 1.41. The van der Waals surface area contributed by atoms with Crippen molar-refractivity contribution in [3.8, 4) is 0 Å². The van der Waals surface area contributed by atoms with Crippen LogP contribution in [0.25, 0.3) is 5.57 Å². The second-order valence-electron chi connectivity index (χ2n) is 3.53. The predicted molar refractivity (Wildman–Crippen MR) is 61.3 cm³/mol. The second-order valence-corrected chi connectivity index (χ2v) is 3.53. The minimum Gasteiger partial charge on any atom is -0.469 e. The molecular weight excluding hydrogens is 188 g/mol. The standard InChI is InChI=1S/C13H16O2/c1-10(9-11(2)13(14)15-3)12-7-5-4-6-8-12/h4-9,11H,1-3H3/b10-9-. The maximum absolute atomic E-state index is 11.2. The first-order chi connectivity index (χ1) is 7.15. The van der Waals surface area contributed by atoms with Crippen LogP contribution in [0.5, 0.6) is 0 Å². The lowest BCUT2D eigenvalue weighted by molar-refractivity contribution is -0.143. The highest BCUT2D eigenvalue weighted by Gasteiger charge is 2.10. The predicted octanol–water partition coefficient (Wildman–Crippen LogP) is 2.90. The molecule has 0 saturated heterocycles. The lowest BCUT2D eigenvalue weighted by atomic mass is 10.0. The number of esters is 1. The summed E-state index contributed by atoms with van der Waals surface area (Å²) in [5, 5.41) is 0. The Morgan fingerprint density at radius 2 is 1.93 bits per heavy atom. The van der Waals surface area contributed by atoms with Gasteiger partial charge < -0.3 is 4.74 Å². The fourth-order valence-corrected chi connectivity index (χ4v) is 1.43. The van der Waals surface area contributed by atoms with Crippen LogP contribution in [0.2, 0.25) is 0 Å². The Morgan fingerprint density at radius 3 is 2.47 bits per heavy atom. The van der Waals surface area contributed by atoms with E-state index in [-0.39, 0.29) is 11.9 Å². The van der Waals surface area contributed by atoms with Crippen LogP contribution in [-0.4, -0.2) is 13.1 Å². The summed E-state index contributed by atoms with van der Waals surface area (Å²) in [6.07, 6.45) is 1.92. The van der Waals surface area contributed by atoms with Gasteiger partial charge in [-0.2, -0.15) is 0 Å². The van der Waals surface area contributed by atoms with Crippen LogP contribution in [0.1, 0.15) is 19.4 Å². The van der Waals surface area contributed by atoms with Gasteiger partial charge in [0.05, 0.1) is 13.0 Å². The molecule has 0 bridgehead atoms. The van der Waals surface area contributed by atoms with Crippen LogP contribution >= 0.6 is 0 Å². The average molecular weight is 204 g/mol. The molecule has 0 spiro atoms. The number of methoxy groups -OCH3 is 1. The molecule has 1 rings (SSSR count). The molecule has 0 fully saturated rings. The lowest BCUT2D eigenvalue weighted by Crippen LogP contribution is -2.10. The first kappa shape index (κ1) is 11.5. The van der Waals surface area contributed by atoms with Gasteiger partial charge in [-0.05, 0) is 25.0 Å². The molecule has 80 valence electrons. The summed E-state index contributed by atoms with van der Waals surface area (Å²) in [6, 6.07) is 9.98. The highest BCUT2D eigenvalue weighted by Crippen LogP contribution is 2.16. The van der Waals surface area contributed by atoms with Gasteiger partial charge in [0.15, 0.2) is 0 Å². The van der Waals surface area contributed by atoms with Gasteiger partial charge in [-0.3, -0.25) is 4.79 Å². The highest BCUT2D eigenvalue weighted by atomic mass is 16.5. The van der Waals surface area contributed by atoms with Crippen molar-refractivity contribution in [2.24, 2.45) is 5.92 Å². The van der Waals surface area contributed by atoms with Crippen LogP contribution in [-0.2, 0) is 9.53 Å². The molecule has 0 amide bonds. The van der Waals surface area contributed by atoms with Crippen LogP contribution in [0.3, 0.4) is 0 Å². The van der Waals surface area contributed by atoms with E-state index in [9.17, 15) is 4.79 Å². The molecule has 0 radical (unpaired) electrons. The third-order valence-electron chi connectivity index (χ3n) is 2.30. The van der Waals surface area contributed by atoms with E-state index in [2.05, 4.69) is 4.74 Å². The van der Waals surface area contributed by atoms with E-state index in [1.165, 1.54) is 7.11 Å². The monoisotopic (exact) mass is 204 g/mol. The summed E-state index contributed by atoms with van der Waals surface area (Å²) < 4.78 is 4.67. The van der Waals surface area contributed by atoms with Crippen molar-refractivity contribution in [1.82, 2.24) is 0 Å². The van der Waals surface area contributed by atoms with Crippen molar-refractivity contribution < 1.29 is 9.53 Å². The first-order valence-electron chi connectivity index (χ1n) is 4.97. The maximum Gasteiger partial charge on any atom is 0.312 e. The number of carbonyl (C=O) groups excluding carboxylic acids is 1. The number of hydrogen-bond donors (Lipinski definition) is 0. The Labute approximate surface area is 90.6 Å². The summed E-state index contributed by atoms with van der Waals surface area (Å²) in [5.74, 6) is -0.402. The Kier molecular flexibility index (Phi) is 4.10. The van der Waals surface area contributed by atoms with Gasteiger partial charge in [-0.25, -0.2) is 0 Å². The Balaban J connectivity index is 2.80. The molecule has 0 aliphatic carbocycles. The van der Waals surface area contributed by atoms with E-state index in [0.29, 0.717) is 0 Å². The zero-order chi connectivity index (χ0) is 11.3. The molecule has 2 nitrogen and oxygen atoms in total. The third kappa shape index (κ3) is 3.24. The Morgan fingerprint density at radius 1 is 1.33 bits per heavy atom. The third-order valence-corrected chi connectivity index (χ3v) is 2.30. The highest BCUT2D eigenvalue weighted by molar-refractivity contribution is 5.77. The fraction of sp³-hybridized carbons (Fsp3) is 0.308. The Bertz CT molecular complexity index is 352.